The molecule has 0 spiro atoms. The van der Waals surface area contributed by atoms with E-state index in [1.165, 1.54) is 4.68 Å². The lowest BCUT2D eigenvalue weighted by atomic mass is 10.2. The number of fused-ring (bicyclic) bond motifs is 1. The number of nitrogens with zero attached hydrogens (tertiary/aromatic N) is 10. The van der Waals surface area contributed by atoms with Gasteiger partial charge >= 0.3 is 0 Å². The first-order chi connectivity index (χ1) is 15.2. The lowest BCUT2D eigenvalue weighted by molar-refractivity contribution is 0.819. The van der Waals surface area contributed by atoms with Gasteiger partial charge in [0.1, 0.15) is 0 Å². The first kappa shape index (κ1) is 18.3. The van der Waals surface area contributed by atoms with Crippen molar-refractivity contribution in [3.63, 3.8) is 0 Å². The summed E-state index contributed by atoms with van der Waals surface area (Å²) in [5.74, 6) is 1.39. The molecule has 150 valence electrons. The minimum absolute atomic E-state index is 0.273. The van der Waals surface area contributed by atoms with E-state index in [2.05, 4.69) is 45.4 Å². The summed E-state index contributed by atoms with van der Waals surface area (Å²) >= 11 is 0. The molecule has 0 unspecified atom stereocenters. The van der Waals surface area contributed by atoms with Crippen molar-refractivity contribution in [2.75, 3.05) is 0 Å². The molecule has 4 heterocycles. The van der Waals surface area contributed by atoms with Gasteiger partial charge in [-0.05, 0) is 13.8 Å². The van der Waals surface area contributed by atoms with Gasteiger partial charge in [0.05, 0.1) is 24.2 Å². The van der Waals surface area contributed by atoms with Crippen molar-refractivity contribution in [3.8, 4) is 17.2 Å². The number of H-pyrrole nitrogens is 1. The molecule has 0 saturated carbocycles. The van der Waals surface area contributed by atoms with Gasteiger partial charge < -0.3 is 0 Å². The molecule has 11 nitrogen and oxygen atoms in total. The van der Waals surface area contributed by atoms with Gasteiger partial charge in [0, 0.05) is 18.0 Å². The summed E-state index contributed by atoms with van der Waals surface area (Å²) < 4.78 is 3.15. The zero-order valence-corrected chi connectivity index (χ0v) is 16.6. The molecule has 0 bridgehead atoms. The van der Waals surface area contributed by atoms with Crippen LogP contribution in [-0.2, 0) is 0 Å². The van der Waals surface area contributed by atoms with Gasteiger partial charge in [-0.15, -0.1) is 10.2 Å². The van der Waals surface area contributed by atoms with Crippen molar-refractivity contribution < 1.29 is 0 Å². The zero-order valence-electron chi connectivity index (χ0n) is 16.6. The lowest BCUT2D eigenvalue weighted by Gasteiger charge is -2.01. The molecule has 0 aliphatic carbocycles. The Bertz CT molecular complexity index is 1450. The highest BCUT2D eigenvalue weighted by atomic mass is 15.4. The quantitative estimate of drug-likeness (QED) is 0.351. The lowest BCUT2D eigenvalue weighted by Crippen LogP contribution is -1.99. The Morgan fingerprint density at radius 1 is 1.03 bits per heavy atom. The third kappa shape index (κ3) is 3.03. The van der Waals surface area contributed by atoms with E-state index >= 15 is 0 Å². The summed E-state index contributed by atoms with van der Waals surface area (Å²) in [5, 5.41) is 25.0. The molecule has 0 aliphatic rings. The number of hydrogen-bond acceptors (Lipinski definition) is 7. The number of aromatic nitrogens is 8. The van der Waals surface area contributed by atoms with Gasteiger partial charge in [-0.3, -0.25) is 10.1 Å². The molecule has 0 radical (unpaired) electrons. The van der Waals surface area contributed by atoms with Gasteiger partial charge in [-0.1, -0.05) is 30.3 Å². The minimum atomic E-state index is 0.273. The predicted molar refractivity (Wildman–Crippen MR) is 112 cm³/mol. The van der Waals surface area contributed by atoms with E-state index in [1.54, 1.807) is 30.0 Å². The van der Waals surface area contributed by atoms with Crippen LogP contribution in [0.3, 0.4) is 0 Å². The highest BCUT2D eigenvalue weighted by molar-refractivity contribution is 5.71. The largest absolute Gasteiger partial charge is 0.259 e. The average Bonchev–Trinajstić information content (AvgIpc) is 3.44. The fourth-order valence-corrected chi connectivity index (χ4v) is 3.20. The van der Waals surface area contributed by atoms with Crippen LogP contribution in [0.5, 0.6) is 0 Å². The van der Waals surface area contributed by atoms with E-state index in [1.807, 2.05) is 37.3 Å². The fraction of sp³-hybridized carbons (Fsp3) is 0.100. The molecule has 0 saturated heterocycles. The van der Waals surface area contributed by atoms with Crippen LogP contribution >= 0.6 is 0 Å². The second-order valence-electron chi connectivity index (χ2n) is 6.65. The fourth-order valence-electron chi connectivity index (χ4n) is 3.20. The number of nitrogens with one attached hydrogen (secondary N) is 1. The SMILES string of the molecule is [C-]#[N+]c1c(C)nn(-c2cnccn2)c1/N=N/c1c(C)nn2c(-c3ccccc3)n[nH]c12. The molecule has 31 heavy (non-hydrogen) atoms. The van der Waals surface area contributed by atoms with Gasteiger partial charge in [-0.25, -0.2) is 14.5 Å². The van der Waals surface area contributed by atoms with Gasteiger partial charge in [0.2, 0.25) is 0 Å². The normalized spacial score (nSPS) is 11.4. The Hall–Kier alpha value is -4.72. The molecule has 0 aliphatic heterocycles. The summed E-state index contributed by atoms with van der Waals surface area (Å²) in [7, 11) is 0. The van der Waals surface area contributed by atoms with E-state index in [9.17, 15) is 0 Å². The summed E-state index contributed by atoms with van der Waals surface area (Å²) in [6.45, 7) is 11.1. The topological polar surface area (TPSA) is 119 Å². The van der Waals surface area contributed by atoms with E-state index in [0.717, 1.165) is 5.56 Å². The van der Waals surface area contributed by atoms with Crippen LogP contribution in [0.25, 0.3) is 27.7 Å². The summed E-state index contributed by atoms with van der Waals surface area (Å²) in [4.78, 5) is 11.9. The third-order valence-electron chi connectivity index (χ3n) is 4.66. The maximum absolute atomic E-state index is 7.53. The number of rotatable bonds is 4. The Kier molecular flexibility index (Phi) is 4.30. The van der Waals surface area contributed by atoms with Crippen LogP contribution in [-0.4, -0.2) is 39.6 Å². The second kappa shape index (κ2) is 7.27. The molecule has 1 aromatic carbocycles. The average molecular weight is 409 g/mol. The van der Waals surface area contributed by atoms with Crippen molar-refractivity contribution in [1.29, 1.82) is 0 Å². The van der Waals surface area contributed by atoms with Crippen LogP contribution in [0.4, 0.5) is 17.2 Å². The molecule has 11 heteroatoms. The minimum Gasteiger partial charge on any atom is -0.259 e. The van der Waals surface area contributed by atoms with Gasteiger partial charge in [0.25, 0.3) is 5.69 Å². The molecule has 0 atom stereocenters. The summed E-state index contributed by atoms with van der Waals surface area (Å²) in [6.07, 6.45) is 4.65. The van der Waals surface area contributed by atoms with Crippen LogP contribution < -0.4 is 0 Å². The summed E-state index contributed by atoms with van der Waals surface area (Å²) in [5.41, 5.74) is 3.54. The van der Waals surface area contributed by atoms with Crippen LogP contribution in [0.2, 0.25) is 0 Å². The van der Waals surface area contributed by atoms with Gasteiger partial charge in [-0.2, -0.15) is 19.8 Å². The standard InChI is InChI=1S/C20H15N11/c1-12-16(21-3)19(30(28-12)15-11-22-9-10-23-15)26-24-17-13(2)29-31-18(25-27-20(17)31)14-7-5-4-6-8-14/h4-11,27H,1-2H3/b26-24+. The van der Waals surface area contributed by atoms with Crippen molar-refractivity contribution in [3.05, 3.63) is 71.7 Å². The third-order valence-corrected chi connectivity index (χ3v) is 4.66. The van der Waals surface area contributed by atoms with E-state index in [4.69, 9.17) is 6.57 Å². The van der Waals surface area contributed by atoms with E-state index in [-0.39, 0.29) is 5.82 Å². The first-order valence-corrected chi connectivity index (χ1v) is 9.31. The Morgan fingerprint density at radius 2 is 1.87 bits per heavy atom. The van der Waals surface area contributed by atoms with Crippen LogP contribution in [0.1, 0.15) is 11.4 Å². The number of aryl methyl sites for hydroxylation is 2. The van der Waals surface area contributed by atoms with E-state index < -0.39 is 0 Å². The van der Waals surface area contributed by atoms with Crippen LogP contribution in [0, 0.1) is 20.4 Å². The Labute approximate surface area is 175 Å². The molecular weight excluding hydrogens is 394 g/mol. The number of aromatic amines is 1. The molecule has 5 aromatic rings. The van der Waals surface area contributed by atoms with Crippen LogP contribution in [0.15, 0.2) is 59.2 Å². The smallest absolute Gasteiger partial charge is 0.255 e. The second-order valence-corrected chi connectivity index (χ2v) is 6.65. The maximum atomic E-state index is 7.53. The molecule has 5 rings (SSSR count). The number of benzene rings is 1. The molecule has 0 fully saturated rings. The van der Waals surface area contributed by atoms with Crippen molar-refractivity contribution in [2.24, 2.45) is 10.2 Å². The molecular formula is C20H15N11. The molecule has 0 amide bonds. The van der Waals surface area contributed by atoms with E-state index in [0.29, 0.717) is 40.1 Å². The number of hydrogen-bond donors (Lipinski definition) is 1. The maximum Gasteiger partial charge on any atom is 0.255 e. The molecule has 1 N–H and O–H groups in total. The molecule has 4 aromatic heterocycles. The summed E-state index contributed by atoms with van der Waals surface area (Å²) in [6, 6.07) is 9.73. The van der Waals surface area contributed by atoms with Gasteiger partial charge in [0.15, 0.2) is 28.8 Å². The zero-order chi connectivity index (χ0) is 21.4. The first-order valence-electron chi connectivity index (χ1n) is 9.31. The Balaban J connectivity index is 1.62. The predicted octanol–water partition coefficient (Wildman–Crippen LogP) is 4.28. The highest BCUT2D eigenvalue weighted by Gasteiger charge is 2.20. The van der Waals surface area contributed by atoms with Crippen molar-refractivity contribution >= 4 is 22.8 Å². The number of azo groups is 1. The van der Waals surface area contributed by atoms with Crippen molar-refractivity contribution in [1.82, 2.24) is 39.6 Å². The Morgan fingerprint density at radius 3 is 2.61 bits per heavy atom. The highest BCUT2D eigenvalue weighted by Crippen LogP contribution is 2.36. The van der Waals surface area contributed by atoms with Crippen molar-refractivity contribution in [2.45, 2.75) is 13.8 Å². The monoisotopic (exact) mass is 409 g/mol.